The lowest BCUT2D eigenvalue weighted by Crippen LogP contribution is -2.12. The highest BCUT2D eigenvalue weighted by Gasteiger charge is 2.07. The van der Waals surface area contributed by atoms with Crippen LogP contribution in [0.4, 0.5) is 5.69 Å². The molecule has 0 unspecified atom stereocenters. The molecule has 0 aliphatic heterocycles. The van der Waals surface area contributed by atoms with E-state index in [0.717, 1.165) is 5.76 Å². The van der Waals surface area contributed by atoms with Crippen LogP contribution in [0.25, 0.3) is 0 Å². The van der Waals surface area contributed by atoms with Crippen LogP contribution in [0.5, 0.6) is 0 Å². The molecule has 1 amide bonds. The molecular weight excluding hydrogens is 273 g/mol. The third-order valence-electron chi connectivity index (χ3n) is 2.38. The van der Waals surface area contributed by atoms with Crippen molar-refractivity contribution in [2.24, 2.45) is 0 Å². The van der Waals surface area contributed by atoms with Crippen molar-refractivity contribution in [3.8, 4) is 0 Å². The van der Waals surface area contributed by atoms with Crippen molar-refractivity contribution in [1.82, 2.24) is 0 Å². The average molecular weight is 284 g/mol. The van der Waals surface area contributed by atoms with Gasteiger partial charge in [-0.05, 0) is 30.3 Å². The van der Waals surface area contributed by atoms with Gasteiger partial charge in [0.25, 0.3) is 0 Å². The summed E-state index contributed by atoms with van der Waals surface area (Å²) in [4.78, 5) is 11.7. The second kappa shape index (κ2) is 5.94. The van der Waals surface area contributed by atoms with Crippen LogP contribution >= 0.6 is 23.2 Å². The molecule has 1 aromatic carbocycles. The Kier molecular flexibility index (Phi) is 4.28. The first kappa shape index (κ1) is 13.0. The van der Waals surface area contributed by atoms with E-state index in [9.17, 15) is 4.79 Å². The number of halogens is 2. The second-order valence-electron chi connectivity index (χ2n) is 3.75. The van der Waals surface area contributed by atoms with Gasteiger partial charge in [0.15, 0.2) is 0 Å². The molecule has 1 N–H and O–H groups in total. The average Bonchev–Trinajstić information content (AvgIpc) is 2.83. The number of benzene rings is 1. The molecule has 2 aromatic rings. The molecule has 0 atom stereocenters. The van der Waals surface area contributed by atoms with Crippen molar-refractivity contribution in [3.05, 3.63) is 52.4 Å². The van der Waals surface area contributed by atoms with Crippen LogP contribution in [0, 0.1) is 0 Å². The predicted molar refractivity (Wildman–Crippen MR) is 72.1 cm³/mol. The molecule has 5 heteroatoms. The van der Waals surface area contributed by atoms with E-state index in [2.05, 4.69) is 5.32 Å². The zero-order valence-corrected chi connectivity index (χ0v) is 11.0. The topological polar surface area (TPSA) is 42.2 Å². The third kappa shape index (κ3) is 3.52. The van der Waals surface area contributed by atoms with Gasteiger partial charge in [-0.2, -0.15) is 0 Å². The number of rotatable bonds is 4. The van der Waals surface area contributed by atoms with Gasteiger partial charge < -0.3 is 9.73 Å². The highest BCUT2D eigenvalue weighted by Crippen LogP contribution is 2.25. The summed E-state index contributed by atoms with van der Waals surface area (Å²) in [6, 6.07) is 8.57. The summed E-state index contributed by atoms with van der Waals surface area (Å²) in [6.45, 7) is 0. The normalized spacial score (nSPS) is 10.3. The van der Waals surface area contributed by atoms with Gasteiger partial charge in [0.2, 0.25) is 5.91 Å². The van der Waals surface area contributed by atoms with Crippen LogP contribution in [0.2, 0.25) is 10.0 Å². The van der Waals surface area contributed by atoms with Gasteiger partial charge in [0.1, 0.15) is 5.76 Å². The van der Waals surface area contributed by atoms with Crippen LogP contribution < -0.4 is 5.32 Å². The second-order valence-corrected chi connectivity index (χ2v) is 4.60. The minimum absolute atomic E-state index is 0.115. The van der Waals surface area contributed by atoms with Crippen molar-refractivity contribution in [1.29, 1.82) is 0 Å². The molecule has 0 saturated carbocycles. The van der Waals surface area contributed by atoms with Crippen LogP contribution in [-0.4, -0.2) is 5.91 Å². The van der Waals surface area contributed by atoms with E-state index in [1.165, 1.54) is 0 Å². The van der Waals surface area contributed by atoms with E-state index < -0.39 is 0 Å². The molecule has 0 spiro atoms. The Morgan fingerprint density at radius 1 is 1.28 bits per heavy atom. The molecule has 0 fully saturated rings. The number of nitrogens with one attached hydrogen (secondary N) is 1. The Bertz CT molecular complexity index is 538. The van der Waals surface area contributed by atoms with E-state index >= 15 is 0 Å². The standard InChI is InChI=1S/C13H11Cl2NO2/c14-9-3-5-12(11(15)8-9)16-13(17)6-4-10-2-1-7-18-10/h1-3,5,7-8H,4,6H2,(H,16,17). The fourth-order valence-electron chi connectivity index (χ4n) is 1.50. The molecular formula is C13H11Cl2NO2. The smallest absolute Gasteiger partial charge is 0.224 e. The Morgan fingerprint density at radius 3 is 2.78 bits per heavy atom. The largest absolute Gasteiger partial charge is 0.469 e. The van der Waals surface area contributed by atoms with Gasteiger partial charge >= 0.3 is 0 Å². The Balaban J connectivity index is 1.91. The van der Waals surface area contributed by atoms with E-state index in [1.807, 2.05) is 6.07 Å². The lowest BCUT2D eigenvalue weighted by Gasteiger charge is -2.06. The summed E-state index contributed by atoms with van der Waals surface area (Å²) >= 11 is 11.7. The molecule has 94 valence electrons. The van der Waals surface area contributed by atoms with Crippen molar-refractivity contribution >= 4 is 34.8 Å². The molecule has 0 aliphatic carbocycles. The highest BCUT2D eigenvalue weighted by molar-refractivity contribution is 6.36. The minimum atomic E-state index is -0.115. The Labute approximate surface area is 115 Å². The predicted octanol–water partition coefficient (Wildman–Crippen LogP) is 4.16. The summed E-state index contributed by atoms with van der Waals surface area (Å²) in [7, 11) is 0. The summed E-state index contributed by atoms with van der Waals surface area (Å²) in [5.41, 5.74) is 0.561. The van der Waals surface area contributed by atoms with Crippen molar-refractivity contribution in [2.75, 3.05) is 5.32 Å². The zero-order chi connectivity index (χ0) is 13.0. The fourth-order valence-corrected chi connectivity index (χ4v) is 1.95. The molecule has 0 aliphatic rings. The number of aryl methyl sites for hydroxylation is 1. The fraction of sp³-hybridized carbons (Fsp3) is 0.154. The summed E-state index contributed by atoms with van der Waals surface area (Å²) in [5.74, 6) is 0.669. The summed E-state index contributed by atoms with van der Waals surface area (Å²) in [5, 5.41) is 3.69. The number of amides is 1. The van der Waals surface area contributed by atoms with E-state index in [1.54, 1.807) is 30.5 Å². The summed E-state index contributed by atoms with van der Waals surface area (Å²) in [6.07, 6.45) is 2.49. The monoisotopic (exact) mass is 283 g/mol. The zero-order valence-electron chi connectivity index (χ0n) is 9.45. The van der Waals surface area contributed by atoms with Crippen LogP contribution in [0.15, 0.2) is 41.0 Å². The minimum Gasteiger partial charge on any atom is -0.469 e. The van der Waals surface area contributed by atoms with E-state index in [0.29, 0.717) is 28.6 Å². The van der Waals surface area contributed by atoms with Crippen LogP contribution in [0.1, 0.15) is 12.2 Å². The molecule has 0 bridgehead atoms. The molecule has 18 heavy (non-hydrogen) atoms. The highest BCUT2D eigenvalue weighted by atomic mass is 35.5. The van der Waals surface area contributed by atoms with Crippen molar-refractivity contribution in [3.63, 3.8) is 0 Å². The SMILES string of the molecule is O=C(CCc1ccco1)Nc1ccc(Cl)cc1Cl. The molecule has 0 radical (unpaired) electrons. The Hall–Kier alpha value is -1.45. The number of carbonyl (C=O) groups excluding carboxylic acids is 1. The lowest BCUT2D eigenvalue weighted by molar-refractivity contribution is -0.116. The molecule has 0 saturated heterocycles. The van der Waals surface area contributed by atoms with Gasteiger partial charge in [0, 0.05) is 17.9 Å². The van der Waals surface area contributed by atoms with E-state index in [4.69, 9.17) is 27.6 Å². The number of carbonyl (C=O) groups is 1. The first-order chi connectivity index (χ1) is 8.65. The van der Waals surface area contributed by atoms with E-state index in [-0.39, 0.29) is 5.91 Å². The van der Waals surface area contributed by atoms with Gasteiger partial charge in [-0.15, -0.1) is 0 Å². The quantitative estimate of drug-likeness (QED) is 0.916. The lowest BCUT2D eigenvalue weighted by atomic mass is 10.2. The maximum absolute atomic E-state index is 11.7. The first-order valence-electron chi connectivity index (χ1n) is 5.42. The molecule has 2 rings (SSSR count). The van der Waals surface area contributed by atoms with Crippen molar-refractivity contribution < 1.29 is 9.21 Å². The number of hydrogen-bond acceptors (Lipinski definition) is 2. The van der Waals surface area contributed by atoms with Gasteiger partial charge in [-0.25, -0.2) is 0 Å². The number of furan rings is 1. The first-order valence-corrected chi connectivity index (χ1v) is 6.18. The van der Waals surface area contributed by atoms with Gasteiger partial charge in [0.05, 0.1) is 17.0 Å². The van der Waals surface area contributed by atoms with Crippen LogP contribution in [-0.2, 0) is 11.2 Å². The maximum Gasteiger partial charge on any atom is 0.224 e. The Morgan fingerprint density at radius 2 is 2.11 bits per heavy atom. The van der Waals surface area contributed by atoms with Gasteiger partial charge in [-0.1, -0.05) is 23.2 Å². The maximum atomic E-state index is 11.7. The summed E-state index contributed by atoms with van der Waals surface area (Å²) < 4.78 is 5.15. The molecule has 1 aromatic heterocycles. The van der Waals surface area contributed by atoms with Crippen LogP contribution in [0.3, 0.4) is 0 Å². The molecule has 1 heterocycles. The van der Waals surface area contributed by atoms with Crippen molar-refractivity contribution in [2.45, 2.75) is 12.8 Å². The van der Waals surface area contributed by atoms with Gasteiger partial charge in [-0.3, -0.25) is 4.79 Å². The number of hydrogen-bond donors (Lipinski definition) is 1. The third-order valence-corrected chi connectivity index (χ3v) is 2.93. The number of anilines is 1. The molecule has 3 nitrogen and oxygen atoms in total.